The Labute approximate surface area is 118 Å². The summed E-state index contributed by atoms with van der Waals surface area (Å²) >= 11 is 0. The summed E-state index contributed by atoms with van der Waals surface area (Å²) in [5.41, 5.74) is 0. The summed E-state index contributed by atoms with van der Waals surface area (Å²) in [6.45, 7) is 6.01. The summed E-state index contributed by atoms with van der Waals surface area (Å²) in [7, 11) is 1.55. The monoisotopic (exact) mass is 276 g/mol. The van der Waals surface area contributed by atoms with E-state index in [0.29, 0.717) is 18.2 Å². The van der Waals surface area contributed by atoms with Gasteiger partial charge >= 0.3 is 0 Å². The molecular weight excluding hydrogens is 256 g/mol. The number of hydrogen-bond acceptors (Lipinski definition) is 4. The fourth-order valence-electron chi connectivity index (χ4n) is 2.12. The van der Waals surface area contributed by atoms with E-state index >= 15 is 0 Å². The first kappa shape index (κ1) is 14.4. The normalized spacial score (nSPS) is 12.7. The van der Waals surface area contributed by atoms with Gasteiger partial charge in [-0.2, -0.15) is 0 Å². The molecule has 2 aromatic rings. The number of Topliss-reactive ketones (excluding diaryl/α,β-unsaturated/α-hetero) is 1. The lowest BCUT2D eigenvalue weighted by Gasteiger charge is -2.12. The number of imidazole rings is 1. The van der Waals surface area contributed by atoms with E-state index in [1.54, 1.807) is 19.4 Å². The van der Waals surface area contributed by atoms with Crippen LogP contribution in [0.25, 0.3) is 0 Å². The molecule has 20 heavy (non-hydrogen) atoms. The van der Waals surface area contributed by atoms with E-state index in [9.17, 15) is 4.79 Å². The first-order chi connectivity index (χ1) is 9.52. The van der Waals surface area contributed by atoms with E-state index in [4.69, 9.17) is 9.15 Å². The second-order valence-corrected chi connectivity index (χ2v) is 5.14. The van der Waals surface area contributed by atoms with E-state index in [1.807, 2.05) is 37.6 Å². The van der Waals surface area contributed by atoms with Gasteiger partial charge in [0.25, 0.3) is 5.95 Å². The van der Waals surface area contributed by atoms with E-state index in [2.05, 4.69) is 4.98 Å². The fraction of sp³-hybridized carbons (Fsp3) is 0.467. The molecule has 2 rings (SSSR count). The molecule has 0 aromatic carbocycles. The third kappa shape index (κ3) is 2.92. The van der Waals surface area contributed by atoms with Crippen molar-refractivity contribution in [3.8, 4) is 5.95 Å². The molecule has 0 aliphatic heterocycles. The fourth-order valence-corrected chi connectivity index (χ4v) is 2.12. The van der Waals surface area contributed by atoms with Crippen molar-refractivity contribution in [2.45, 2.75) is 39.2 Å². The summed E-state index contributed by atoms with van der Waals surface area (Å²) in [4.78, 5) is 16.5. The Bertz CT molecular complexity index is 583. The van der Waals surface area contributed by atoms with Gasteiger partial charge < -0.3 is 13.7 Å². The van der Waals surface area contributed by atoms with E-state index in [0.717, 1.165) is 5.76 Å². The van der Waals surface area contributed by atoms with Crippen LogP contribution in [0.3, 0.4) is 0 Å². The van der Waals surface area contributed by atoms with Gasteiger partial charge in [-0.1, -0.05) is 6.92 Å². The van der Waals surface area contributed by atoms with Crippen LogP contribution in [-0.4, -0.2) is 22.4 Å². The zero-order chi connectivity index (χ0) is 14.7. The Morgan fingerprint density at radius 2 is 2.15 bits per heavy atom. The SMILES string of the molecule is COc1ccc([C@H](C)CC(=O)c2nccn2C(C)C)o1. The molecule has 5 heteroatoms. The number of aromatic nitrogens is 2. The van der Waals surface area contributed by atoms with Gasteiger partial charge in [0.1, 0.15) is 5.76 Å². The third-order valence-corrected chi connectivity index (χ3v) is 3.25. The van der Waals surface area contributed by atoms with Crippen LogP contribution in [0.2, 0.25) is 0 Å². The summed E-state index contributed by atoms with van der Waals surface area (Å²) < 4.78 is 12.4. The van der Waals surface area contributed by atoms with Gasteiger partial charge in [0.2, 0.25) is 0 Å². The Kier molecular flexibility index (Phi) is 4.27. The van der Waals surface area contributed by atoms with Gasteiger partial charge in [-0.05, 0) is 19.9 Å². The first-order valence-electron chi connectivity index (χ1n) is 6.72. The third-order valence-electron chi connectivity index (χ3n) is 3.25. The Balaban J connectivity index is 2.09. The maximum absolute atomic E-state index is 12.3. The van der Waals surface area contributed by atoms with Gasteiger partial charge in [-0.3, -0.25) is 4.79 Å². The molecule has 0 saturated heterocycles. The molecular formula is C15H20N2O3. The van der Waals surface area contributed by atoms with Crippen molar-refractivity contribution >= 4 is 5.78 Å². The van der Waals surface area contributed by atoms with Crippen molar-refractivity contribution in [1.29, 1.82) is 0 Å². The molecule has 2 heterocycles. The largest absolute Gasteiger partial charge is 0.468 e. The highest BCUT2D eigenvalue weighted by Crippen LogP contribution is 2.26. The quantitative estimate of drug-likeness (QED) is 0.758. The van der Waals surface area contributed by atoms with Gasteiger partial charge in [0.05, 0.1) is 7.11 Å². The number of ketones is 1. The Hall–Kier alpha value is -2.04. The average molecular weight is 276 g/mol. The smallest absolute Gasteiger partial charge is 0.284 e. The van der Waals surface area contributed by atoms with Crippen molar-refractivity contribution < 1.29 is 13.9 Å². The standard InChI is InChI=1S/C15H20N2O3/c1-10(2)17-8-7-16-15(17)12(18)9-11(3)13-5-6-14(19-4)20-13/h5-8,10-11H,9H2,1-4H3/t11-/m1/s1. The highest BCUT2D eigenvalue weighted by Gasteiger charge is 2.20. The molecule has 0 saturated carbocycles. The number of carbonyl (C=O) groups is 1. The lowest BCUT2D eigenvalue weighted by atomic mass is 10.0. The zero-order valence-electron chi connectivity index (χ0n) is 12.3. The number of methoxy groups -OCH3 is 1. The number of ether oxygens (including phenoxy) is 1. The maximum atomic E-state index is 12.3. The molecule has 0 fully saturated rings. The maximum Gasteiger partial charge on any atom is 0.284 e. The van der Waals surface area contributed by atoms with E-state index in [-0.39, 0.29) is 17.7 Å². The molecule has 0 amide bonds. The molecule has 0 radical (unpaired) electrons. The van der Waals surface area contributed by atoms with Gasteiger partial charge in [0.15, 0.2) is 11.6 Å². The number of carbonyl (C=O) groups excluding carboxylic acids is 1. The van der Waals surface area contributed by atoms with Crippen LogP contribution in [0.5, 0.6) is 5.95 Å². The van der Waals surface area contributed by atoms with Crippen LogP contribution in [0, 0.1) is 0 Å². The predicted molar refractivity (Wildman–Crippen MR) is 75.2 cm³/mol. The summed E-state index contributed by atoms with van der Waals surface area (Å²) in [5.74, 6) is 1.72. The predicted octanol–water partition coefficient (Wildman–Crippen LogP) is 3.44. The molecule has 0 spiro atoms. The minimum atomic E-state index is -0.0105. The van der Waals surface area contributed by atoms with Crippen LogP contribution in [0.4, 0.5) is 0 Å². The van der Waals surface area contributed by atoms with Gasteiger partial charge in [-0.15, -0.1) is 0 Å². The molecule has 108 valence electrons. The van der Waals surface area contributed by atoms with Crippen LogP contribution in [0.1, 0.15) is 55.5 Å². The van der Waals surface area contributed by atoms with Crippen molar-refractivity contribution in [3.05, 3.63) is 36.1 Å². The number of furan rings is 1. The first-order valence-corrected chi connectivity index (χ1v) is 6.72. The van der Waals surface area contributed by atoms with Crippen LogP contribution >= 0.6 is 0 Å². The van der Waals surface area contributed by atoms with Gasteiger partial charge in [-0.25, -0.2) is 4.98 Å². The lowest BCUT2D eigenvalue weighted by Crippen LogP contribution is -2.13. The van der Waals surface area contributed by atoms with Crippen molar-refractivity contribution in [2.24, 2.45) is 0 Å². The Morgan fingerprint density at radius 3 is 2.75 bits per heavy atom. The van der Waals surface area contributed by atoms with E-state index in [1.165, 1.54) is 0 Å². The Morgan fingerprint density at radius 1 is 1.40 bits per heavy atom. The lowest BCUT2D eigenvalue weighted by molar-refractivity contribution is 0.0956. The molecule has 1 atom stereocenters. The minimum absolute atomic E-state index is 0.0105. The van der Waals surface area contributed by atoms with E-state index < -0.39 is 0 Å². The van der Waals surface area contributed by atoms with Crippen molar-refractivity contribution in [1.82, 2.24) is 9.55 Å². The topological polar surface area (TPSA) is 57.3 Å². The highest BCUT2D eigenvalue weighted by molar-refractivity contribution is 5.93. The molecule has 2 aromatic heterocycles. The number of nitrogens with zero attached hydrogens (tertiary/aromatic N) is 2. The van der Waals surface area contributed by atoms with Crippen LogP contribution in [-0.2, 0) is 0 Å². The van der Waals surface area contributed by atoms with Crippen molar-refractivity contribution in [2.75, 3.05) is 7.11 Å². The zero-order valence-corrected chi connectivity index (χ0v) is 12.3. The molecule has 0 aliphatic rings. The second kappa shape index (κ2) is 5.94. The molecule has 0 N–H and O–H groups in total. The molecule has 0 unspecified atom stereocenters. The van der Waals surface area contributed by atoms with Crippen LogP contribution in [0.15, 0.2) is 28.9 Å². The second-order valence-electron chi connectivity index (χ2n) is 5.14. The minimum Gasteiger partial charge on any atom is -0.468 e. The summed E-state index contributed by atoms with van der Waals surface area (Å²) in [6.07, 6.45) is 3.85. The number of rotatable bonds is 6. The summed E-state index contributed by atoms with van der Waals surface area (Å²) in [6, 6.07) is 3.81. The van der Waals surface area contributed by atoms with Gasteiger partial charge in [0, 0.05) is 36.8 Å². The highest BCUT2D eigenvalue weighted by atomic mass is 16.6. The van der Waals surface area contributed by atoms with Crippen LogP contribution < -0.4 is 4.74 Å². The number of hydrogen-bond donors (Lipinski definition) is 0. The molecule has 5 nitrogen and oxygen atoms in total. The molecule has 0 aliphatic carbocycles. The summed E-state index contributed by atoms with van der Waals surface area (Å²) in [5, 5.41) is 0. The molecule has 0 bridgehead atoms. The average Bonchev–Trinajstić information content (AvgIpc) is 3.07. The van der Waals surface area contributed by atoms with Crippen molar-refractivity contribution in [3.63, 3.8) is 0 Å².